The van der Waals surface area contributed by atoms with Crippen LogP contribution in [-0.4, -0.2) is 11.4 Å². The van der Waals surface area contributed by atoms with Gasteiger partial charge >= 0.3 is 0 Å². The molecule has 0 unspecified atom stereocenters. The van der Waals surface area contributed by atoms with Crippen molar-refractivity contribution in [2.24, 2.45) is 5.73 Å². The second kappa shape index (κ2) is 5.09. The lowest BCUT2D eigenvalue weighted by Crippen LogP contribution is -2.42. The van der Waals surface area contributed by atoms with E-state index in [4.69, 9.17) is 5.73 Å². The molecule has 0 saturated carbocycles. The molecule has 0 aromatic carbocycles. The number of rotatable bonds is 5. The molecule has 0 bridgehead atoms. The molecular formula is C10H15BrN2OS. The van der Waals surface area contributed by atoms with Crippen molar-refractivity contribution in [1.29, 1.82) is 0 Å². The zero-order chi connectivity index (χ0) is 11.5. The van der Waals surface area contributed by atoms with E-state index in [1.165, 1.54) is 4.88 Å². The number of carbonyl (C=O) groups excluding carboxylic acids is 1. The van der Waals surface area contributed by atoms with E-state index in [1.54, 1.807) is 11.3 Å². The Bertz CT molecular complexity index is 349. The fraction of sp³-hybridized carbons (Fsp3) is 0.500. The van der Waals surface area contributed by atoms with Gasteiger partial charge < -0.3 is 11.1 Å². The third-order valence-electron chi connectivity index (χ3n) is 1.98. The SMILES string of the molecule is CC(C)(CC(N)=O)NCc1cc(Br)cs1. The molecule has 1 aromatic heterocycles. The summed E-state index contributed by atoms with van der Waals surface area (Å²) in [4.78, 5) is 12.0. The minimum atomic E-state index is -0.278. The summed E-state index contributed by atoms with van der Waals surface area (Å²) in [6, 6.07) is 2.07. The van der Waals surface area contributed by atoms with Gasteiger partial charge in [-0.1, -0.05) is 0 Å². The zero-order valence-corrected chi connectivity index (χ0v) is 11.2. The average molecular weight is 291 g/mol. The minimum Gasteiger partial charge on any atom is -0.370 e. The van der Waals surface area contributed by atoms with Crippen LogP contribution in [0.5, 0.6) is 0 Å². The second-order valence-corrected chi connectivity index (χ2v) is 6.02. The zero-order valence-electron chi connectivity index (χ0n) is 8.84. The van der Waals surface area contributed by atoms with Gasteiger partial charge in [-0.2, -0.15) is 0 Å². The topological polar surface area (TPSA) is 55.1 Å². The summed E-state index contributed by atoms with van der Waals surface area (Å²) in [5.41, 5.74) is 4.92. The molecule has 0 spiro atoms. The molecule has 1 rings (SSSR count). The van der Waals surface area contributed by atoms with E-state index in [-0.39, 0.29) is 11.4 Å². The van der Waals surface area contributed by atoms with Gasteiger partial charge in [0, 0.05) is 33.2 Å². The van der Waals surface area contributed by atoms with Crippen molar-refractivity contribution in [3.05, 3.63) is 20.8 Å². The van der Waals surface area contributed by atoms with Gasteiger partial charge in [-0.15, -0.1) is 11.3 Å². The van der Waals surface area contributed by atoms with Crippen molar-refractivity contribution in [2.75, 3.05) is 0 Å². The number of nitrogens with two attached hydrogens (primary N) is 1. The van der Waals surface area contributed by atoms with Gasteiger partial charge in [0.15, 0.2) is 0 Å². The third kappa shape index (κ3) is 4.77. The van der Waals surface area contributed by atoms with Crippen molar-refractivity contribution < 1.29 is 4.79 Å². The number of hydrogen-bond acceptors (Lipinski definition) is 3. The molecule has 3 nitrogen and oxygen atoms in total. The number of thiophene rings is 1. The Morgan fingerprint density at radius 1 is 1.67 bits per heavy atom. The quantitative estimate of drug-likeness (QED) is 0.874. The molecule has 0 saturated heterocycles. The number of hydrogen-bond donors (Lipinski definition) is 2. The van der Waals surface area contributed by atoms with Crippen molar-refractivity contribution in [2.45, 2.75) is 32.4 Å². The summed E-state index contributed by atoms with van der Waals surface area (Å²) in [5, 5.41) is 5.35. The fourth-order valence-corrected chi connectivity index (χ4v) is 2.66. The lowest BCUT2D eigenvalue weighted by atomic mass is 10.0. The van der Waals surface area contributed by atoms with Crippen LogP contribution in [0, 0.1) is 0 Å². The first-order valence-electron chi connectivity index (χ1n) is 4.65. The van der Waals surface area contributed by atoms with Crippen LogP contribution in [0.25, 0.3) is 0 Å². The lowest BCUT2D eigenvalue weighted by molar-refractivity contribution is -0.119. The number of amides is 1. The highest BCUT2D eigenvalue weighted by molar-refractivity contribution is 9.10. The predicted molar refractivity (Wildman–Crippen MR) is 66.7 cm³/mol. The van der Waals surface area contributed by atoms with E-state index in [0.29, 0.717) is 6.42 Å². The molecule has 0 radical (unpaired) electrons. The summed E-state index contributed by atoms with van der Waals surface area (Å²) < 4.78 is 1.09. The number of nitrogens with one attached hydrogen (secondary N) is 1. The highest BCUT2D eigenvalue weighted by Gasteiger charge is 2.19. The maximum Gasteiger partial charge on any atom is 0.219 e. The summed E-state index contributed by atoms with van der Waals surface area (Å²) >= 11 is 5.08. The number of primary amides is 1. The third-order valence-corrected chi connectivity index (χ3v) is 3.68. The Labute approximate surface area is 102 Å². The molecule has 1 heterocycles. The number of halogens is 1. The second-order valence-electron chi connectivity index (χ2n) is 4.11. The molecule has 0 atom stereocenters. The van der Waals surface area contributed by atoms with Gasteiger partial charge in [-0.3, -0.25) is 4.79 Å². The van der Waals surface area contributed by atoms with Crippen LogP contribution in [0.1, 0.15) is 25.1 Å². The van der Waals surface area contributed by atoms with Crippen LogP contribution < -0.4 is 11.1 Å². The first-order valence-corrected chi connectivity index (χ1v) is 6.32. The highest BCUT2D eigenvalue weighted by atomic mass is 79.9. The van der Waals surface area contributed by atoms with Crippen LogP contribution in [0.2, 0.25) is 0 Å². The van der Waals surface area contributed by atoms with E-state index < -0.39 is 0 Å². The standard InChI is InChI=1S/C10H15BrN2OS/c1-10(2,4-9(12)14)13-5-8-3-7(11)6-15-8/h3,6,13H,4-5H2,1-2H3,(H2,12,14). The molecule has 15 heavy (non-hydrogen) atoms. The van der Waals surface area contributed by atoms with Crippen LogP contribution >= 0.6 is 27.3 Å². The lowest BCUT2D eigenvalue weighted by Gasteiger charge is -2.24. The van der Waals surface area contributed by atoms with Gasteiger partial charge in [-0.25, -0.2) is 0 Å². The Balaban J connectivity index is 2.45. The molecule has 5 heteroatoms. The molecule has 0 fully saturated rings. The largest absolute Gasteiger partial charge is 0.370 e. The van der Waals surface area contributed by atoms with Gasteiger partial charge in [0.25, 0.3) is 0 Å². The average Bonchev–Trinajstić information content (AvgIpc) is 2.46. The smallest absolute Gasteiger partial charge is 0.219 e. The number of carbonyl (C=O) groups is 1. The van der Waals surface area contributed by atoms with E-state index >= 15 is 0 Å². The van der Waals surface area contributed by atoms with Crippen LogP contribution in [-0.2, 0) is 11.3 Å². The van der Waals surface area contributed by atoms with E-state index in [9.17, 15) is 4.79 Å². The molecule has 1 amide bonds. The first kappa shape index (κ1) is 12.7. The van der Waals surface area contributed by atoms with E-state index in [0.717, 1.165) is 11.0 Å². The molecule has 0 aliphatic carbocycles. The van der Waals surface area contributed by atoms with Crippen molar-refractivity contribution in [3.8, 4) is 0 Å². The first-order chi connectivity index (χ1) is 6.89. The fourth-order valence-electron chi connectivity index (χ4n) is 1.27. The monoisotopic (exact) mass is 290 g/mol. The van der Waals surface area contributed by atoms with Crippen molar-refractivity contribution in [3.63, 3.8) is 0 Å². The van der Waals surface area contributed by atoms with Gasteiger partial charge in [0.2, 0.25) is 5.91 Å². The Morgan fingerprint density at radius 2 is 2.33 bits per heavy atom. The Morgan fingerprint density at radius 3 is 2.80 bits per heavy atom. The predicted octanol–water partition coefficient (Wildman–Crippen LogP) is 2.25. The minimum absolute atomic E-state index is 0.248. The molecule has 84 valence electrons. The summed E-state index contributed by atoms with van der Waals surface area (Å²) in [6.07, 6.45) is 0.347. The Kier molecular flexibility index (Phi) is 4.31. The highest BCUT2D eigenvalue weighted by Crippen LogP contribution is 2.20. The molecule has 1 aromatic rings. The molecule has 3 N–H and O–H groups in total. The van der Waals surface area contributed by atoms with Gasteiger partial charge in [0.05, 0.1) is 0 Å². The normalized spacial score (nSPS) is 11.7. The summed E-state index contributed by atoms with van der Waals surface area (Å²) in [7, 11) is 0. The van der Waals surface area contributed by atoms with Crippen LogP contribution in [0.15, 0.2) is 15.9 Å². The molecule has 0 aliphatic rings. The molecule has 0 aliphatic heterocycles. The van der Waals surface area contributed by atoms with Crippen molar-refractivity contribution >= 4 is 33.2 Å². The van der Waals surface area contributed by atoms with Crippen molar-refractivity contribution in [1.82, 2.24) is 5.32 Å². The molecular weight excluding hydrogens is 276 g/mol. The van der Waals surface area contributed by atoms with Crippen LogP contribution in [0.4, 0.5) is 0 Å². The maximum absolute atomic E-state index is 10.8. The maximum atomic E-state index is 10.8. The van der Waals surface area contributed by atoms with Crippen LogP contribution in [0.3, 0.4) is 0 Å². The Hall–Kier alpha value is -0.390. The summed E-state index contributed by atoms with van der Waals surface area (Å²) in [6.45, 7) is 4.71. The summed E-state index contributed by atoms with van der Waals surface area (Å²) in [5.74, 6) is -0.278. The van der Waals surface area contributed by atoms with Gasteiger partial charge in [0.1, 0.15) is 0 Å². The van der Waals surface area contributed by atoms with Gasteiger partial charge in [-0.05, 0) is 35.8 Å². The van der Waals surface area contributed by atoms with E-state index in [2.05, 4.69) is 27.3 Å². The van der Waals surface area contributed by atoms with E-state index in [1.807, 2.05) is 19.2 Å².